The number of benzene rings is 1. The van der Waals surface area contributed by atoms with E-state index in [0.717, 1.165) is 49.3 Å². The molecule has 6 nitrogen and oxygen atoms in total. The van der Waals surface area contributed by atoms with Crippen molar-refractivity contribution in [2.75, 3.05) is 24.5 Å². The molecular weight excluding hydrogens is 386 g/mol. The Labute approximate surface area is 181 Å². The summed E-state index contributed by atoms with van der Waals surface area (Å²) in [6.07, 6.45) is 11.0. The van der Waals surface area contributed by atoms with Crippen LogP contribution in [0.5, 0.6) is 0 Å². The van der Waals surface area contributed by atoms with Crippen LogP contribution in [0.4, 0.5) is 5.82 Å². The van der Waals surface area contributed by atoms with Gasteiger partial charge >= 0.3 is 0 Å². The minimum Gasteiger partial charge on any atom is -0.356 e. The van der Waals surface area contributed by atoms with E-state index in [4.69, 9.17) is 4.98 Å². The first kappa shape index (κ1) is 18.2. The molecule has 6 heteroatoms. The van der Waals surface area contributed by atoms with Gasteiger partial charge in [-0.2, -0.15) is 0 Å². The van der Waals surface area contributed by atoms with Crippen LogP contribution in [0.15, 0.2) is 54.9 Å². The summed E-state index contributed by atoms with van der Waals surface area (Å²) in [5.41, 5.74) is 5.19. The van der Waals surface area contributed by atoms with Crippen molar-refractivity contribution in [1.29, 1.82) is 0 Å². The van der Waals surface area contributed by atoms with Gasteiger partial charge in [0.15, 0.2) is 5.82 Å². The molecule has 0 atom stereocenters. The SMILES string of the molecule is O=C1NCCc2c1nc(-c1cccnc1)nc2N1CCC2(C=Cc3ccccc32)CC1. The topological polar surface area (TPSA) is 71.0 Å². The van der Waals surface area contributed by atoms with Crippen molar-refractivity contribution in [2.24, 2.45) is 0 Å². The fraction of sp³-hybridized carbons (Fsp3) is 0.280. The average molecular weight is 409 g/mol. The molecule has 1 amide bonds. The zero-order valence-corrected chi connectivity index (χ0v) is 17.2. The minimum atomic E-state index is -0.115. The molecule has 31 heavy (non-hydrogen) atoms. The Bertz CT molecular complexity index is 1200. The molecule has 1 aromatic carbocycles. The molecule has 154 valence electrons. The van der Waals surface area contributed by atoms with Gasteiger partial charge in [-0.1, -0.05) is 36.4 Å². The van der Waals surface area contributed by atoms with Gasteiger partial charge in [-0.25, -0.2) is 9.97 Å². The van der Waals surface area contributed by atoms with Crippen molar-refractivity contribution in [3.8, 4) is 11.4 Å². The third kappa shape index (κ3) is 2.93. The number of pyridine rings is 1. The number of fused-ring (bicyclic) bond motifs is 3. The van der Waals surface area contributed by atoms with E-state index in [0.29, 0.717) is 18.1 Å². The molecule has 1 saturated heterocycles. The van der Waals surface area contributed by atoms with Gasteiger partial charge in [0, 0.05) is 48.6 Å². The maximum Gasteiger partial charge on any atom is 0.270 e. The van der Waals surface area contributed by atoms with E-state index >= 15 is 0 Å². The molecule has 6 rings (SSSR count). The molecule has 1 fully saturated rings. The summed E-state index contributed by atoms with van der Waals surface area (Å²) in [5, 5.41) is 2.93. The zero-order valence-electron chi connectivity index (χ0n) is 17.2. The molecule has 0 bridgehead atoms. The van der Waals surface area contributed by atoms with Gasteiger partial charge in [0.2, 0.25) is 0 Å². The van der Waals surface area contributed by atoms with Crippen LogP contribution in [-0.4, -0.2) is 40.5 Å². The molecule has 0 unspecified atom stereocenters. The van der Waals surface area contributed by atoms with Crippen molar-refractivity contribution in [1.82, 2.24) is 20.3 Å². The Morgan fingerprint density at radius 2 is 1.90 bits per heavy atom. The highest BCUT2D eigenvalue weighted by Crippen LogP contribution is 2.44. The van der Waals surface area contributed by atoms with Crippen molar-refractivity contribution in [3.63, 3.8) is 0 Å². The number of nitrogens with zero attached hydrogens (tertiary/aromatic N) is 4. The predicted octanol–water partition coefficient (Wildman–Crippen LogP) is 3.39. The molecule has 0 radical (unpaired) electrons. The molecule has 4 heterocycles. The summed E-state index contributed by atoms with van der Waals surface area (Å²) in [6, 6.07) is 12.5. The summed E-state index contributed by atoms with van der Waals surface area (Å²) in [5.74, 6) is 1.35. The van der Waals surface area contributed by atoms with E-state index in [1.807, 2.05) is 12.1 Å². The molecule has 3 aromatic rings. The van der Waals surface area contributed by atoms with E-state index < -0.39 is 0 Å². The number of allylic oxidation sites excluding steroid dienone is 1. The van der Waals surface area contributed by atoms with E-state index in [2.05, 4.69) is 56.6 Å². The molecule has 1 spiro atoms. The van der Waals surface area contributed by atoms with Gasteiger partial charge in [0.05, 0.1) is 0 Å². The number of piperidine rings is 1. The lowest BCUT2D eigenvalue weighted by Gasteiger charge is -2.40. The minimum absolute atomic E-state index is 0.115. The number of hydrogen-bond acceptors (Lipinski definition) is 5. The lowest BCUT2D eigenvalue weighted by Crippen LogP contribution is -2.43. The van der Waals surface area contributed by atoms with Crippen LogP contribution in [0.1, 0.15) is 40.0 Å². The van der Waals surface area contributed by atoms with Crippen LogP contribution >= 0.6 is 0 Å². The fourth-order valence-electron chi connectivity index (χ4n) is 5.15. The number of carbonyl (C=O) groups excluding carboxylic acids is 1. The second-order valence-electron chi connectivity index (χ2n) is 8.51. The van der Waals surface area contributed by atoms with Gasteiger partial charge in [-0.05, 0) is 42.5 Å². The standard InChI is InChI=1S/C25H23N5O/c31-24-21-19(8-13-27-24)23(29-22(28-21)18-5-3-12-26-16-18)30-14-10-25(11-15-30)9-7-17-4-1-2-6-20(17)25/h1-7,9,12,16H,8,10-11,13-15H2,(H,27,31). The van der Waals surface area contributed by atoms with Crippen LogP contribution in [0, 0.1) is 0 Å². The maximum absolute atomic E-state index is 12.6. The summed E-state index contributed by atoms with van der Waals surface area (Å²) in [4.78, 5) is 28.7. The Balaban J connectivity index is 1.37. The van der Waals surface area contributed by atoms with E-state index in [1.54, 1.807) is 12.4 Å². The predicted molar refractivity (Wildman–Crippen MR) is 120 cm³/mol. The van der Waals surface area contributed by atoms with Gasteiger partial charge in [-0.15, -0.1) is 0 Å². The quantitative estimate of drug-likeness (QED) is 0.703. The second kappa shape index (κ2) is 7.01. The Kier molecular flexibility index (Phi) is 4.13. The molecule has 1 N–H and O–H groups in total. The van der Waals surface area contributed by atoms with Crippen molar-refractivity contribution in [3.05, 3.63) is 77.3 Å². The number of nitrogens with one attached hydrogen (secondary N) is 1. The average Bonchev–Trinajstić information content (AvgIpc) is 3.18. The third-order valence-corrected chi connectivity index (χ3v) is 6.81. The van der Waals surface area contributed by atoms with Crippen molar-refractivity contribution in [2.45, 2.75) is 24.7 Å². The maximum atomic E-state index is 12.6. The molecule has 3 aliphatic rings. The van der Waals surface area contributed by atoms with Crippen LogP contribution in [0.25, 0.3) is 17.5 Å². The highest BCUT2D eigenvalue weighted by Gasteiger charge is 2.39. The summed E-state index contributed by atoms with van der Waals surface area (Å²) >= 11 is 0. The fourth-order valence-corrected chi connectivity index (χ4v) is 5.15. The lowest BCUT2D eigenvalue weighted by atomic mass is 9.74. The highest BCUT2D eigenvalue weighted by molar-refractivity contribution is 5.96. The van der Waals surface area contributed by atoms with Crippen LogP contribution in [0.3, 0.4) is 0 Å². The molecule has 0 saturated carbocycles. The van der Waals surface area contributed by atoms with E-state index in [9.17, 15) is 4.79 Å². The van der Waals surface area contributed by atoms with Gasteiger partial charge in [0.1, 0.15) is 11.5 Å². The summed E-state index contributed by atoms with van der Waals surface area (Å²) < 4.78 is 0. The van der Waals surface area contributed by atoms with E-state index in [-0.39, 0.29) is 11.3 Å². The van der Waals surface area contributed by atoms with Crippen LogP contribution < -0.4 is 10.2 Å². The number of hydrogen-bond donors (Lipinski definition) is 1. The molecule has 2 aliphatic heterocycles. The van der Waals surface area contributed by atoms with Crippen molar-refractivity contribution >= 4 is 17.8 Å². The monoisotopic (exact) mass is 409 g/mol. The second-order valence-corrected chi connectivity index (χ2v) is 8.51. The lowest BCUT2D eigenvalue weighted by molar-refractivity contribution is 0.0940. The summed E-state index contributed by atoms with van der Waals surface area (Å²) in [6.45, 7) is 2.43. The Morgan fingerprint density at radius 3 is 2.74 bits per heavy atom. The zero-order chi connectivity index (χ0) is 20.8. The van der Waals surface area contributed by atoms with Crippen LogP contribution in [0.2, 0.25) is 0 Å². The van der Waals surface area contributed by atoms with E-state index in [1.165, 1.54) is 11.1 Å². The number of rotatable bonds is 2. The number of anilines is 1. The molecule has 2 aromatic heterocycles. The van der Waals surface area contributed by atoms with Gasteiger partial charge in [0.25, 0.3) is 5.91 Å². The largest absolute Gasteiger partial charge is 0.356 e. The summed E-state index contributed by atoms with van der Waals surface area (Å²) in [7, 11) is 0. The molecule has 1 aliphatic carbocycles. The third-order valence-electron chi connectivity index (χ3n) is 6.81. The first-order valence-electron chi connectivity index (χ1n) is 10.9. The normalized spacial score (nSPS) is 18.6. The first-order chi connectivity index (χ1) is 15.2. The highest BCUT2D eigenvalue weighted by atomic mass is 16.1. The number of carbonyl (C=O) groups is 1. The Hall–Kier alpha value is -3.54. The Morgan fingerprint density at radius 1 is 1.03 bits per heavy atom. The van der Waals surface area contributed by atoms with Gasteiger partial charge in [-0.3, -0.25) is 9.78 Å². The molecular formula is C25H23N5O. The van der Waals surface area contributed by atoms with Crippen molar-refractivity contribution < 1.29 is 4.79 Å². The van der Waals surface area contributed by atoms with Gasteiger partial charge < -0.3 is 10.2 Å². The number of amides is 1. The number of aromatic nitrogens is 3. The smallest absolute Gasteiger partial charge is 0.270 e. The first-order valence-corrected chi connectivity index (χ1v) is 10.9. The van der Waals surface area contributed by atoms with Crippen LogP contribution in [-0.2, 0) is 11.8 Å².